The van der Waals surface area contributed by atoms with E-state index in [1.807, 2.05) is 31.9 Å². The Morgan fingerprint density at radius 2 is 2.11 bits per heavy atom. The number of benzene rings is 1. The van der Waals surface area contributed by atoms with E-state index < -0.39 is 0 Å². The summed E-state index contributed by atoms with van der Waals surface area (Å²) in [6, 6.07) is 8.15. The zero-order valence-electron chi connectivity index (χ0n) is 11.0. The molecule has 0 fully saturated rings. The summed E-state index contributed by atoms with van der Waals surface area (Å²) < 4.78 is 10.9. The van der Waals surface area contributed by atoms with Crippen molar-refractivity contribution in [2.75, 3.05) is 13.7 Å². The minimum absolute atomic E-state index is 0.0583. The lowest BCUT2D eigenvalue weighted by atomic mass is 9.71. The van der Waals surface area contributed by atoms with Crippen molar-refractivity contribution in [2.45, 2.75) is 19.9 Å². The van der Waals surface area contributed by atoms with Crippen molar-refractivity contribution in [2.24, 2.45) is 0 Å². The topological polar surface area (TPSA) is 31.4 Å². The first-order valence-electron chi connectivity index (χ1n) is 6.09. The summed E-state index contributed by atoms with van der Waals surface area (Å²) >= 11 is 0. The van der Waals surface area contributed by atoms with Crippen LogP contribution >= 0.6 is 0 Å². The van der Waals surface area contributed by atoms with Crippen LogP contribution in [-0.4, -0.2) is 32.1 Å². The fourth-order valence-electron chi connectivity index (χ4n) is 1.84. The molecule has 4 heteroatoms. The second kappa shape index (κ2) is 5.87. The van der Waals surface area contributed by atoms with E-state index >= 15 is 0 Å². The zero-order valence-corrected chi connectivity index (χ0v) is 11.0. The highest BCUT2D eigenvalue weighted by Gasteiger charge is 2.08. The van der Waals surface area contributed by atoms with E-state index in [9.17, 15) is 0 Å². The quantitative estimate of drug-likeness (QED) is 0.751. The lowest BCUT2D eigenvalue weighted by Gasteiger charge is -2.13. The molecule has 1 aromatic carbocycles. The van der Waals surface area contributed by atoms with Gasteiger partial charge in [0, 0.05) is 18.7 Å². The van der Waals surface area contributed by atoms with Crippen molar-refractivity contribution >= 4 is 23.5 Å². The third kappa shape index (κ3) is 2.64. The molecule has 93 valence electrons. The minimum Gasteiger partial charge on any atom is -0.474 e. The van der Waals surface area contributed by atoms with Crippen molar-refractivity contribution in [3.8, 4) is 5.88 Å². The molecule has 0 spiro atoms. The van der Waals surface area contributed by atoms with Gasteiger partial charge in [0.15, 0.2) is 0 Å². The van der Waals surface area contributed by atoms with Crippen molar-refractivity contribution < 1.29 is 9.47 Å². The second-order valence-corrected chi connectivity index (χ2v) is 4.20. The van der Waals surface area contributed by atoms with E-state index in [4.69, 9.17) is 9.47 Å². The number of ether oxygens (including phenoxy) is 2. The molecule has 1 heterocycles. The van der Waals surface area contributed by atoms with Gasteiger partial charge in [-0.1, -0.05) is 24.4 Å². The predicted octanol–water partition coefficient (Wildman–Crippen LogP) is 2.03. The molecule has 0 aliphatic carbocycles. The monoisotopic (exact) mass is 242 g/mol. The Bertz CT molecular complexity index is 530. The van der Waals surface area contributed by atoms with Gasteiger partial charge in [0.25, 0.3) is 0 Å². The molecular formula is C14H17BNO2. The normalized spacial score (nSPS) is 12.4. The summed E-state index contributed by atoms with van der Waals surface area (Å²) in [6.07, 6.45) is 1.84. The molecule has 1 radical (unpaired) electrons. The van der Waals surface area contributed by atoms with Gasteiger partial charge in [0.05, 0.1) is 6.10 Å². The fraction of sp³-hybridized carbons (Fsp3) is 0.357. The van der Waals surface area contributed by atoms with Crippen LogP contribution in [0.2, 0.25) is 6.82 Å². The van der Waals surface area contributed by atoms with E-state index in [0.29, 0.717) is 12.5 Å². The van der Waals surface area contributed by atoms with Crippen LogP contribution in [0.25, 0.3) is 10.8 Å². The Morgan fingerprint density at radius 3 is 2.83 bits per heavy atom. The molecule has 3 nitrogen and oxygen atoms in total. The molecule has 1 atom stereocenters. The van der Waals surface area contributed by atoms with E-state index in [1.54, 1.807) is 13.3 Å². The summed E-state index contributed by atoms with van der Waals surface area (Å²) in [6.45, 7) is 4.50. The minimum atomic E-state index is 0.0583. The first-order chi connectivity index (χ1) is 8.76. The van der Waals surface area contributed by atoms with E-state index in [2.05, 4.69) is 18.3 Å². The van der Waals surface area contributed by atoms with Gasteiger partial charge in [-0.3, -0.25) is 0 Å². The highest BCUT2D eigenvalue weighted by Crippen LogP contribution is 2.21. The van der Waals surface area contributed by atoms with E-state index in [1.165, 1.54) is 5.46 Å². The predicted molar refractivity (Wildman–Crippen MR) is 75.0 cm³/mol. The van der Waals surface area contributed by atoms with Crippen LogP contribution in [0, 0.1) is 0 Å². The van der Waals surface area contributed by atoms with Gasteiger partial charge >= 0.3 is 0 Å². The Morgan fingerprint density at radius 1 is 1.28 bits per heavy atom. The molecule has 2 rings (SSSR count). The molecule has 0 bridgehead atoms. The van der Waals surface area contributed by atoms with Crippen molar-refractivity contribution in [3.05, 3.63) is 30.5 Å². The van der Waals surface area contributed by atoms with Gasteiger partial charge in [-0.2, -0.15) is 0 Å². The standard InChI is InChI=1S/C14H17BNO2/c1-10(17-3)9-18-14-12-5-4-6-13(15-2)11(12)7-8-16-14/h4-8,10H,9H2,1-3H3. The highest BCUT2D eigenvalue weighted by molar-refractivity contribution is 6.55. The van der Waals surface area contributed by atoms with Crippen LogP contribution in [0.15, 0.2) is 30.5 Å². The number of methoxy groups -OCH3 is 1. The number of hydrogen-bond donors (Lipinski definition) is 0. The third-order valence-corrected chi connectivity index (χ3v) is 2.97. The zero-order chi connectivity index (χ0) is 13.0. The number of rotatable bonds is 5. The molecule has 0 aliphatic heterocycles. The summed E-state index contributed by atoms with van der Waals surface area (Å²) in [7, 11) is 3.76. The van der Waals surface area contributed by atoms with Crippen LogP contribution in [-0.2, 0) is 4.74 Å². The molecular weight excluding hydrogens is 225 g/mol. The number of nitrogens with zero attached hydrogens (tertiary/aromatic N) is 1. The molecule has 1 unspecified atom stereocenters. The Hall–Kier alpha value is -1.55. The van der Waals surface area contributed by atoms with Gasteiger partial charge in [0.1, 0.15) is 13.9 Å². The van der Waals surface area contributed by atoms with Gasteiger partial charge in [-0.25, -0.2) is 4.98 Å². The Kier molecular flexibility index (Phi) is 4.21. The largest absolute Gasteiger partial charge is 0.474 e. The van der Waals surface area contributed by atoms with Crippen molar-refractivity contribution in [1.29, 1.82) is 0 Å². The average Bonchev–Trinajstić information content (AvgIpc) is 2.43. The lowest BCUT2D eigenvalue weighted by Crippen LogP contribution is -2.17. The van der Waals surface area contributed by atoms with Gasteiger partial charge in [-0.05, 0) is 24.4 Å². The van der Waals surface area contributed by atoms with Crippen LogP contribution < -0.4 is 10.2 Å². The maximum atomic E-state index is 5.72. The first-order valence-corrected chi connectivity index (χ1v) is 6.09. The Labute approximate surface area is 108 Å². The summed E-state index contributed by atoms with van der Waals surface area (Å²) in [5, 5.41) is 2.20. The molecule has 0 saturated carbocycles. The fourth-order valence-corrected chi connectivity index (χ4v) is 1.84. The van der Waals surface area contributed by atoms with Gasteiger partial charge in [0.2, 0.25) is 5.88 Å². The smallest absolute Gasteiger partial charge is 0.221 e. The number of fused-ring (bicyclic) bond motifs is 1. The van der Waals surface area contributed by atoms with Gasteiger partial charge in [-0.15, -0.1) is 0 Å². The number of pyridine rings is 1. The third-order valence-electron chi connectivity index (χ3n) is 2.97. The van der Waals surface area contributed by atoms with Gasteiger partial charge < -0.3 is 9.47 Å². The highest BCUT2D eigenvalue weighted by atomic mass is 16.5. The van der Waals surface area contributed by atoms with E-state index in [0.717, 1.165) is 10.8 Å². The van der Waals surface area contributed by atoms with Crippen LogP contribution in [0.3, 0.4) is 0 Å². The van der Waals surface area contributed by atoms with Crippen LogP contribution in [0.4, 0.5) is 0 Å². The number of aromatic nitrogens is 1. The summed E-state index contributed by atoms with van der Waals surface area (Å²) in [5.74, 6) is 0.667. The molecule has 0 N–H and O–H groups in total. The average molecular weight is 242 g/mol. The molecule has 1 aromatic heterocycles. The Balaban J connectivity index is 2.34. The number of hydrogen-bond acceptors (Lipinski definition) is 3. The van der Waals surface area contributed by atoms with Crippen molar-refractivity contribution in [1.82, 2.24) is 4.98 Å². The first kappa shape index (κ1) is 12.9. The molecule has 0 saturated heterocycles. The SMILES string of the molecule is C[B]c1cccc2c(OCC(C)OC)nccc12. The summed E-state index contributed by atoms with van der Waals surface area (Å²) in [4.78, 5) is 4.30. The second-order valence-electron chi connectivity index (χ2n) is 4.20. The molecule has 2 aromatic rings. The van der Waals surface area contributed by atoms with E-state index in [-0.39, 0.29) is 6.10 Å². The van der Waals surface area contributed by atoms with Crippen LogP contribution in [0.1, 0.15) is 6.92 Å². The molecule has 0 aliphatic rings. The summed E-state index contributed by atoms with van der Waals surface area (Å²) in [5.41, 5.74) is 1.19. The lowest BCUT2D eigenvalue weighted by molar-refractivity contribution is 0.0706. The van der Waals surface area contributed by atoms with Crippen LogP contribution in [0.5, 0.6) is 5.88 Å². The maximum Gasteiger partial charge on any atom is 0.221 e. The maximum absolute atomic E-state index is 5.72. The van der Waals surface area contributed by atoms with Crippen molar-refractivity contribution in [3.63, 3.8) is 0 Å². The molecule has 18 heavy (non-hydrogen) atoms. The molecule has 0 amide bonds.